The maximum Gasteiger partial charge on any atom is 0.119 e. The van der Waals surface area contributed by atoms with Crippen molar-refractivity contribution in [3.05, 3.63) is 24.3 Å². The molecule has 0 radical (unpaired) electrons. The summed E-state index contributed by atoms with van der Waals surface area (Å²) in [5.41, 5.74) is 0. The predicted octanol–water partition coefficient (Wildman–Crippen LogP) is 0.220. The molecule has 1 aromatic rings. The van der Waals surface area contributed by atoms with Gasteiger partial charge in [0.25, 0.3) is 0 Å². The van der Waals surface area contributed by atoms with Gasteiger partial charge in [0.15, 0.2) is 0 Å². The van der Waals surface area contributed by atoms with Gasteiger partial charge in [0.05, 0.1) is 7.11 Å². The molecular formula is C7H12N2O2. The maximum absolute atomic E-state index is 8.80. The Bertz CT molecular complexity index is 186. The zero-order chi connectivity index (χ0) is 8.69. The van der Waals surface area contributed by atoms with Gasteiger partial charge in [0.2, 0.25) is 0 Å². The lowest BCUT2D eigenvalue weighted by molar-refractivity contribution is 0.412. The lowest BCUT2D eigenvalue weighted by Crippen LogP contribution is -2.02. The van der Waals surface area contributed by atoms with Gasteiger partial charge in [-0.15, -0.1) is 0 Å². The molecule has 0 unspecified atom stereocenters. The summed E-state index contributed by atoms with van der Waals surface area (Å²) in [5.74, 6) is 9.02. The Labute approximate surface area is 65.4 Å². The van der Waals surface area contributed by atoms with Crippen LogP contribution in [0.1, 0.15) is 0 Å². The molecule has 5 N–H and O–H groups in total. The smallest absolute Gasteiger partial charge is 0.119 e. The minimum atomic E-state index is 0.260. The van der Waals surface area contributed by atoms with Gasteiger partial charge in [0.1, 0.15) is 11.5 Å². The Kier molecular flexibility index (Phi) is 4.89. The number of phenolic OH excluding ortho intramolecular Hbond substituents is 1. The molecule has 0 heterocycles. The van der Waals surface area contributed by atoms with Crippen molar-refractivity contribution in [2.45, 2.75) is 0 Å². The second-order valence-electron chi connectivity index (χ2n) is 1.70. The van der Waals surface area contributed by atoms with Gasteiger partial charge in [-0.1, -0.05) is 0 Å². The highest BCUT2D eigenvalue weighted by Gasteiger charge is 1.87. The van der Waals surface area contributed by atoms with Crippen molar-refractivity contribution < 1.29 is 9.84 Å². The minimum Gasteiger partial charge on any atom is -0.508 e. The highest BCUT2D eigenvalue weighted by molar-refractivity contribution is 5.29. The number of phenols is 1. The average Bonchev–Trinajstić information content (AvgIpc) is 2.10. The van der Waals surface area contributed by atoms with Crippen LogP contribution in [0.15, 0.2) is 24.3 Å². The highest BCUT2D eigenvalue weighted by atomic mass is 16.5. The van der Waals surface area contributed by atoms with Crippen molar-refractivity contribution in [2.75, 3.05) is 7.11 Å². The molecule has 0 aliphatic rings. The van der Waals surface area contributed by atoms with E-state index in [9.17, 15) is 0 Å². The molecule has 62 valence electrons. The summed E-state index contributed by atoms with van der Waals surface area (Å²) in [4.78, 5) is 0. The lowest BCUT2D eigenvalue weighted by atomic mass is 10.3. The number of benzene rings is 1. The molecular weight excluding hydrogens is 144 g/mol. The van der Waals surface area contributed by atoms with Crippen LogP contribution in [0.2, 0.25) is 0 Å². The van der Waals surface area contributed by atoms with Crippen molar-refractivity contribution >= 4 is 0 Å². The van der Waals surface area contributed by atoms with Crippen LogP contribution in [-0.4, -0.2) is 12.2 Å². The first-order chi connectivity index (χ1) is 5.33. The average molecular weight is 156 g/mol. The van der Waals surface area contributed by atoms with E-state index in [0.717, 1.165) is 5.75 Å². The molecule has 0 bridgehead atoms. The number of ether oxygens (including phenoxy) is 1. The van der Waals surface area contributed by atoms with Crippen LogP contribution in [0.25, 0.3) is 0 Å². The van der Waals surface area contributed by atoms with E-state index in [1.807, 2.05) is 0 Å². The Hall–Kier alpha value is -1.26. The van der Waals surface area contributed by atoms with E-state index in [1.54, 1.807) is 31.4 Å². The summed E-state index contributed by atoms with van der Waals surface area (Å²) in [7, 11) is 1.59. The molecule has 1 rings (SSSR count). The molecule has 0 fully saturated rings. The van der Waals surface area contributed by atoms with Gasteiger partial charge >= 0.3 is 0 Å². The monoisotopic (exact) mass is 156 g/mol. The molecule has 0 atom stereocenters. The SMILES string of the molecule is COc1ccc(O)cc1.NN. The Balaban J connectivity index is 0.000000461. The molecule has 11 heavy (non-hydrogen) atoms. The molecule has 0 saturated carbocycles. The number of rotatable bonds is 1. The van der Waals surface area contributed by atoms with E-state index in [1.165, 1.54) is 0 Å². The van der Waals surface area contributed by atoms with E-state index >= 15 is 0 Å². The zero-order valence-electron chi connectivity index (χ0n) is 6.32. The summed E-state index contributed by atoms with van der Waals surface area (Å²) < 4.78 is 4.86. The molecule has 0 saturated heterocycles. The standard InChI is InChI=1S/C7H8O2.H4N2/c1-9-7-4-2-6(8)3-5-7;1-2/h2-5,8H,1H3;1-2H2. The Morgan fingerprint density at radius 3 is 2.00 bits per heavy atom. The van der Waals surface area contributed by atoms with E-state index in [0.29, 0.717) is 0 Å². The molecule has 4 nitrogen and oxygen atoms in total. The predicted molar refractivity (Wildman–Crippen MR) is 43.0 cm³/mol. The normalized spacial score (nSPS) is 7.91. The number of hydrogen-bond acceptors (Lipinski definition) is 4. The fourth-order valence-electron chi connectivity index (χ4n) is 0.582. The number of hydrogen-bond donors (Lipinski definition) is 3. The van der Waals surface area contributed by atoms with Crippen molar-refractivity contribution in [1.82, 2.24) is 0 Å². The van der Waals surface area contributed by atoms with Crippen LogP contribution in [0.5, 0.6) is 11.5 Å². The summed E-state index contributed by atoms with van der Waals surface area (Å²) in [6.45, 7) is 0. The largest absolute Gasteiger partial charge is 0.508 e. The first-order valence-electron chi connectivity index (χ1n) is 2.99. The number of aromatic hydroxyl groups is 1. The first-order valence-corrected chi connectivity index (χ1v) is 2.99. The van der Waals surface area contributed by atoms with Gasteiger partial charge in [-0.2, -0.15) is 0 Å². The van der Waals surface area contributed by atoms with Gasteiger partial charge in [-0.05, 0) is 24.3 Å². The quantitative estimate of drug-likeness (QED) is 0.401. The third kappa shape index (κ3) is 3.44. The van der Waals surface area contributed by atoms with Crippen molar-refractivity contribution in [3.8, 4) is 11.5 Å². The summed E-state index contributed by atoms with van der Waals surface area (Å²) in [5, 5.41) is 8.80. The van der Waals surface area contributed by atoms with E-state index < -0.39 is 0 Å². The summed E-state index contributed by atoms with van der Waals surface area (Å²) in [6, 6.07) is 6.57. The van der Waals surface area contributed by atoms with Crippen LogP contribution in [0.4, 0.5) is 0 Å². The second-order valence-corrected chi connectivity index (χ2v) is 1.70. The van der Waals surface area contributed by atoms with Gasteiger partial charge in [-0.25, -0.2) is 0 Å². The van der Waals surface area contributed by atoms with Crippen LogP contribution < -0.4 is 16.4 Å². The first kappa shape index (κ1) is 9.74. The van der Waals surface area contributed by atoms with Crippen molar-refractivity contribution in [2.24, 2.45) is 11.7 Å². The minimum absolute atomic E-state index is 0.260. The molecule has 4 heteroatoms. The third-order valence-corrected chi connectivity index (χ3v) is 1.07. The lowest BCUT2D eigenvalue weighted by Gasteiger charge is -1.96. The van der Waals surface area contributed by atoms with Crippen LogP contribution >= 0.6 is 0 Å². The fraction of sp³-hybridized carbons (Fsp3) is 0.143. The Morgan fingerprint density at radius 2 is 1.64 bits per heavy atom. The van der Waals surface area contributed by atoms with Crippen LogP contribution in [0.3, 0.4) is 0 Å². The number of methoxy groups -OCH3 is 1. The third-order valence-electron chi connectivity index (χ3n) is 1.07. The van der Waals surface area contributed by atoms with Crippen LogP contribution in [-0.2, 0) is 0 Å². The van der Waals surface area contributed by atoms with Crippen molar-refractivity contribution in [1.29, 1.82) is 0 Å². The summed E-state index contributed by atoms with van der Waals surface area (Å²) >= 11 is 0. The molecule has 0 amide bonds. The fourth-order valence-corrected chi connectivity index (χ4v) is 0.582. The van der Waals surface area contributed by atoms with E-state index in [-0.39, 0.29) is 5.75 Å². The second kappa shape index (κ2) is 5.52. The van der Waals surface area contributed by atoms with E-state index in [4.69, 9.17) is 9.84 Å². The molecule has 0 aliphatic heterocycles. The van der Waals surface area contributed by atoms with E-state index in [2.05, 4.69) is 11.7 Å². The highest BCUT2D eigenvalue weighted by Crippen LogP contribution is 2.14. The molecule has 0 aromatic heterocycles. The van der Waals surface area contributed by atoms with Crippen molar-refractivity contribution in [3.63, 3.8) is 0 Å². The van der Waals surface area contributed by atoms with Gasteiger partial charge < -0.3 is 9.84 Å². The molecule has 0 spiro atoms. The summed E-state index contributed by atoms with van der Waals surface area (Å²) in [6.07, 6.45) is 0. The Morgan fingerprint density at radius 1 is 1.18 bits per heavy atom. The topological polar surface area (TPSA) is 81.5 Å². The van der Waals surface area contributed by atoms with Gasteiger partial charge in [0, 0.05) is 0 Å². The maximum atomic E-state index is 8.80. The number of hydrazine groups is 1. The van der Waals surface area contributed by atoms with Crippen LogP contribution in [0, 0.1) is 0 Å². The molecule has 1 aromatic carbocycles. The number of nitrogens with two attached hydrogens (primary N) is 2. The van der Waals surface area contributed by atoms with Gasteiger partial charge in [-0.3, -0.25) is 11.7 Å². The molecule has 0 aliphatic carbocycles. The zero-order valence-corrected chi connectivity index (χ0v) is 6.32.